The van der Waals surface area contributed by atoms with Gasteiger partial charge in [0.25, 0.3) is 0 Å². The van der Waals surface area contributed by atoms with E-state index >= 15 is 0 Å². The Bertz CT molecular complexity index is 167. The van der Waals surface area contributed by atoms with Crippen LogP contribution in [0.4, 0.5) is 0 Å². The van der Waals surface area contributed by atoms with E-state index in [-0.39, 0.29) is 0 Å². The first-order valence-corrected chi connectivity index (χ1v) is 6.09. The van der Waals surface area contributed by atoms with Gasteiger partial charge in [0, 0.05) is 25.3 Å². The van der Waals surface area contributed by atoms with Crippen LogP contribution in [-0.2, 0) is 4.74 Å². The molecule has 2 aliphatic rings. The zero-order chi connectivity index (χ0) is 9.97. The summed E-state index contributed by atoms with van der Waals surface area (Å²) in [7, 11) is 0. The number of hydrogen-bond donors (Lipinski definition) is 1. The van der Waals surface area contributed by atoms with E-state index in [2.05, 4.69) is 19.2 Å². The molecule has 1 N–H and O–H groups in total. The standard InChI is InChI=1S/C12H23NO/c1-9-7-10(2)13-12(8-9)11-3-5-14-6-4-11/h9-13H,3-8H2,1-2H3. The molecule has 0 saturated carbocycles. The van der Waals surface area contributed by atoms with Crippen LogP contribution in [0, 0.1) is 11.8 Å². The van der Waals surface area contributed by atoms with Crippen LogP contribution in [0.1, 0.15) is 39.5 Å². The van der Waals surface area contributed by atoms with Gasteiger partial charge in [0.2, 0.25) is 0 Å². The van der Waals surface area contributed by atoms with Crippen molar-refractivity contribution in [3.05, 3.63) is 0 Å². The van der Waals surface area contributed by atoms with E-state index in [1.165, 1.54) is 25.7 Å². The molecule has 0 aromatic rings. The van der Waals surface area contributed by atoms with Crippen molar-refractivity contribution < 1.29 is 4.74 Å². The summed E-state index contributed by atoms with van der Waals surface area (Å²) in [6.07, 6.45) is 5.24. The first-order chi connectivity index (χ1) is 6.75. The van der Waals surface area contributed by atoms with E-state index in [0.29, 0.717) is 6.04 Å². The van der Waals surface area contributed by atoms with Crippen LogP contribution in [0.25, 0.3) is 0 Å². The highest BCUT2D eigenvalue weighted by molar-refractivity contribution is 4.86. The van der Waals surface area contributed by atoms with Crippen molar-refractivity contribution in [3.8, 4) is 0 Å². The van der Waals surface area contributed by atoms with Gasteiger partial charge in [-0.25, -0.2) is 0 Å². The predicted molar refractivity (Wildman–Crippen MR) is 58.3 cm³/mol. The highest BCUT2D eigenvalue weighted by Crippen LogP contribution is 2.28. The molecule has 2 aliphatic heterocycles. The monoisotopic (exact) mass is 197 g/mol. The quantitative estimate of drug-likeness (QED) is 0.696. The largest absolute Gasteiger partial charge is 0.381 e. The Balaban J connectivity index is 1.88. The fraction of sp³-hybridized carbons (Fsp3) is 1.00. The molecule has 0 aromatic heterocycles. The molecule has 3 atom stereocenters. The van der Waals surface area contributed by atoms with Crippen LogP contribution >= 0.6 is 0 Å². The highest BCUT2D eigenvalue weighted by atomic mass is 16.5. The van der Waals surface area contributed by atoms with E-state index in [1.807, 2.05) is 0 Å². The van der Waals surface area contributed by atoms with Gasteiger partial charge in [0.05, 0.1) is 0 Å². The fourth-order valence-electron chi connectivity index (χ4n) is 3.08. The van der Waals surface area contributed by atoms with Gasteiger partial charge < -0.3 is 10.1 Å². The lowest BCUT2D eigenvalue weighted by atomic mass is 9.81. The second kappa shape index (κ2) is 4.63. The van der Waals surface area contributed by atoms with Crippen molar-refractivity contribution in [3.63, 3.8) is 0 Å². The maximum Gasteiger partial charge on any atom is 0.0469 e. The van der Waals surface area contributed by atoms with Gasteiger partial charge in [0.1, 0.15) is 0 Å². The third-order valence-corrected chi connectivity index (χ3v) is 3.75. The first kappa shape index (κ1) is 10.4. The van der Waals surface area contributed by atoms with Crippen LogP contribution in [0.15, 0.2) is 0 Å². The SMILES string of the molecule is CC1CC(C)NC(C2CCOCC2)C1. The van der Waals surface area contributed by atoms with Crippen LogP contribution in [0.2, 0.25) is 0 Å². The molecule has 2 heterocycles. The molecule has 0 amide bonds. The van der Waals surface area contributed by atoms with Crippen LogP contribution in [-0.4, -0.2) is 25.3 Å². The van der Waals surface area contributed by atoms with Gasteiger partial charge in [-0.15, -0.1) is 0 Å². The fourth-order valence-corrected chi connectivity index (χ4v) is 3.08. The van der Waals surface area contributed by atoms with Crippen molar-refractivity contribution in [1.82, 2.24) is 5.32 Å². The van der Waals surface area contributed by atoms with E-state index in [1.54, 1.807) is 0 Å². The number of hydrogen-bond acceptors (Lipinski definition) is 2. The lowest BCUT2D eigenvalue weighted by Crippen LogP contribution is -2.48. The second-order valence-electron chi connectivity index (χ2n) is 5.20. The van der Waals surface area contributed by atoms with Crippen molar-refractivity contribution in [2.45, 2.75) is 51.6 Å². The summed E-state index contributed by atoms with van der Waals surface area (Å²) >= 11 is 0. The summed E-state index contributed by atoms with van der Waals surface area (Å²) in [5, 5.41) is 3.76. The predicted octanol–water partition coefficient (Wildman–Crippen LogP) is 2.19. The van der Waals surface area contributed by atoms with Gasteiger partial charge in [0.15, 0.2) is 0 Å². The molecule has 0 aliphatic carbocycles. The number of ether oxygens (including phenoxy) is 1. The topological polar surface area (TPSA) is 21.3 Å². The van der Waals surface area contributed by atoms with E-state index in [9.17, 15) is 0 Å². The molecule has 14 heavy (non-hydrogen) atoms. The molecular formula is C12H23NO. The molecule has 2 saturated heterocycles. The lowest BCUT2D eigenvalue weighted by molar-refractivity contribution is 0.0430. The van der Waals surface area contributed by atoms with Gasteiger partial charge in [-0.2, -0.15) is 0 Å². The number of rotatable bonds is 1. The Morgan fingerprint density at radius 3 is 2.43 bits per heavy atom. The normalized spacial score (nSPS) is 41.1. The highest BCUT2D eigenvalue weighted by Gasteiger charge is 2.30. The molecule has 2 rings (SSSR count). The van der Waals surface area contributed by atoms with E-state index in [4.69, 9.17) is 4.74 Å². The molecule has 0 radical (unpaired) electrons. The van der Waals surface area contributed by atoms with Crippen molar-refractivity contribution >= 4 is 0 Å². The Kier molecular flexibility index (Phi) is 3.45. The molecule has 82 valence electrons. The first-order valence-electron chi connectivity index (χ1n) is 6.09. The van der Waals surface area contributed by atoms with Gasteiger partial charge in [-0.1, -0.05) is 6.92 Å². The van der Waals surface area contributed by atoms with Gasteiger partial charge in [-0.05, 0) is 44.4 Å². The molecule has 0 aromatic carbocycles. The summed E-state index contributed by atoms with van der Waals surface area (Å²) in [5.74, 6) is 1.77. The van der Waals surface area contributed by atoms with Crippen molar-refractivity contribution in [2.75, 3.05) is 13.2 Å². The summed E-state index contributed by atoms with van der Waals surface area (Å²) in [6, 6.07) is 1.48. The van der Waals surface area contributed by atoms with Gasteiger partial charge >= 0.3 is 0 Å². The zero-order valence-corrected chi connectivity index (χ0v) is 9.46. The summed E-state index contributed by atoms with van der Waals surface area (Å²) in [5.41, 5.74) is 0. The van der Waals surface area contributed by atoms with Crippen molar-refractivity contribution in [1.29, 1.82) is 0 Å². The number of piperidine rings is 1. The Hall–Kier alpha value is -0.0800. The lowest BCUT2D eigenvalue weighted by Gasteiger charge is -2.39. The summed E-state index contributed by atoms with van der Waals surface area (Å²) in [4.78, 5) is 0. The Morgan fingerprint density at radius 1 is 1.07 bits per heavy atom. The molecule has 2 fully saturated rings. The maximum atomic E-state index is 5.42. The van der Waals surface area contributed by atoms with Gasteiger partial charge in [-0.3, -0.25) is 0 Å². The maximum absolute atomic E-state index is 5.42. The number of nitrogens with one attached hydrogen (secondary N) is 1. The Labute approximate surface area is 87.4 Å². The summed E-state index contributed by atoms with van der Waals surface area (Å²) < 4.78 is 5.42. The minimum atomic E-state index is 0.714. The van der Waals surface area contributed by atoms with Crippen LogP contribution < -0.4 is 5.32 Å². The summed E-state index contributed by atoms with van der Waals surface area (Å²) in [6.45, 7) is 6.67. The molecule has 2 nitrogen and oxygen atoms in total. The zero-order valence-electron chi connectivity index (χ0n) is 9.46. The smallest absolute Gasteiger partial charge is 0.0469 e. The third kappa shape index (κ3) is 2.48. The third-order valence-electron chi connectivity index (χ3n) is 3.75. The van der Waals surface area contributed by atoms with E-state index in [0.717, 1.165) is 31.1 Å². The molecule has 0 bridgehead atoms. The average Bonchev–Trinajstić information content (AvgIpc) is 2.18. The second-order valence-corrected chi connectivity index (χ2v) is 5.20. The minimum absolute atomic E-state index is 0.714. The molecular weight excluding hydrogens is 174 g/mol. The average molecular weight is 197 g/mol. The Morgan fingerprint density at radius 2 is 1.79 bits per heavy atom. The molecule has 3 unspecified atom stereocenters. The molecule has 2 heteroatoms. The van der Waals surface area contributed by atoms with Crippen LogP contribution in [0.3, 0.4) is 0 Å². The van der Waals surface area contributed by atoms with E-state index < -0.39 is 0 Å². The molecule has 0 spiro atoms. The minimum Gasteiger partial charge on any atom is -0.381 e. The van der Waals surface area contributed by atoms with Crippen LogP contribution in [0.5, 0.6) is 0 Å². The van der Waals surface area contributed by atoms with Crippen molar-refractivity contribution in [2.24, 2.45) is 11.8 Å².